The molecule has 0 spiro atoms. The Morgan fingerprint density at radius 1 is 1.45 bits per heavy atom. The van der Waals surface area contributed by atoms with Gasteiger partial charge in [0.05, 0.1) is 16.5 Å². The van der Waals surface area contributed by atoms with Crippen LogP contribution in [0.1, 0.15) is 52.9 Å². The minimum absolute atomic E-state index is 0.0665. The summed E-state index contributed by atoms with van der Waals surface area (Å²) in [5, 5.41) is 9.68. The number of nitrogens with zero attached hydrogens (tertiary/aromatic N) is 1. The van der Waals surface area contributed by atoms with Crippen LogP contribution in [0, 0.1) is 11.3 Å². The highest BCUT2D eigenvalue weighted by atomic mass is 32.1. The first-order valence-electron chi connectivity index (χ1n) is 7.66. The lowest BCUT2D eigenvalue weighted by Gasteiger charge is -2.35. The highest BCUT2D eigenvalue weighted by Crippen LogP contribution is 2.35. The molecule has 0 aromatic heterocycles. The molecule has 3 N–H and O–H groups in total. The second kappa shape index (κ2) is 7.36. The van der Waals surface area contributed by atoms with Crippen molar-refractivity contribution in [1.82, 2.24) is 4.90 Å². The molecule has 2 atom stereocenters. The fourth-order valence-corrected chi connectivity index (χ4v) is 3.50. The molecule has 4 nitrogen and oxygen atoms in total. The summed E-state index contributed by atoms with van der Waals surface area (Å²) >= 11 is 5.23. The Morgan fingerprint density at radius 2 is 2.00 bits per heavy atom. The Kier molecular flexibility index (Phi) is 6.40. The standard InChI is InChI=1S/C15H28N2O2S/c1-4-7-15(8-5-2,13(16)20)14(19)17-9-6-12(10-17)11(3)18/h11-12,18H,4-10H2,1-3H3,(H2,16,20). The third kappa shape index (κ3) is 3.50. The zero-order chi connectivity index (χ0) is 15.3. The lowest BCUT2D eigenvalue weighted by Crippen LogP contribution is -2.50. The average molecular weight is 300 g/mol. The SMILES string of the molecule is CCCC(CCC)(C(=O)N1CCC(C(C)O)C1)C(N)=S. The van der Waals surface area contributed by atoms with Crippen LogP contribution < -0.4 is 5.73 Å². The molecule has 116 valence electrons. The molecule has 0 bridgehead atoms. The van der Waals surface area contributed by atoms with Crippen molar-refractivity contribution in [2.75, 3.05) is 13.1 Å². The first-order chi connectivity index (χ1) is 9.39. The third-order valence-electron chi connectivity index (χ3n) is 4.43. The van der Waals surface area contributed by atoms with Crippen LogP contribution in [0.2, 0.25) is 0 Å². The third-order valence-corrected chi connectivity index (χ3v) is 4.82. The molecule has 0 saturated carbocycles. The zero-order valence-corrected chi connectivity index (χ0v) is 13.7. The van der Waals surface area contributed by atoms with Gasteiger partial charge in [0.15, 0.2) is 0 Å². The molecule has 5 heteroatoms. The minimum Gasteiger partial charge on any atom is -0.393 e. The molecule has 1 saturated heterocycles. The van der Waals surface area contributed by atoms with Crippen molar-refractivity contribution in [2.45, 2.75) is 59.0 Å². The number of hydrogen-bond donors (Lipinski definition) is 2. The highest BCUT2D eigenvalue weighted by Gasteiger charge is 2.44. The number of amides is 1. The summed E-state index contributed by atoms with van der Waals surface area (Å²) in [7, 11) is 0. The van der Waals surface area contributed by atoms with E-state index < -0.39 is 5.41 Å². The Labute approximate surface area is 127 Å². The molecule has 1 fully saturated rings. The Bertz CT molecular complexity index is 352. The fraction of sp³-hybridized carbons (Fsp3) is 0.867. The Balaban J connectivity index is 2.91. The monoisotopic (exact) mass is 300 g/mol. The summed E-state index contributed by atoms with van der Waals surface area (Å²) in [5.41, 5.74) is 5.25. The van der Waals surface area contributed by atoms with Gasteiger partial charge in [-0.1, -0.05) is 38.9 Å². The topological polar surface area (TPSA) is 66.6 Å². The molecule has 20 heavy (non-hydrogen) atoms. The van der Waals surface area contributed by atoms with Crippen molar-refractivity contribution in [3.63, 3.8) is 0 Å². The number of carbonyl (C=O) groups excluding carboxylic acids is 1. The molecule has 0 radical (unpaired) electrons. The quantitative estimate of drug-likeness (QED) is 0.707. The van der Waals surface area contributed by atoms with Crippen LogP contribution >= 0.6 is 12.2 Å². The van der Waals surface area contributed by atoms with Crippen LogP contribution in [0.5, 0.6) is 0 Å². The lowest BCUT2D eigenvalue weighted by molar-refractivity contribution is -0.138. The first-order valence-corrected chi connectivity index (χ1v) is 8.07. The van der Waals surface area contributed by atoms with E-state index in [0.29, 0.717) is 30.9 Å². The van der Waals surface area contributed by atoms with Crippen molar-refractivity contribution in [3.05, 3.63) is 0 Å². The maximum absolute atomic E-state index is 12.9. The van der Waals surface area contributed by atoms with Gasteiger partial charge in [-0.2, -0.15) is 0 Å². The number of rotatable bonds is 7. The lowest BCUT2D eigenvalue weighted by atomic mass is 9.77. The molecule has 1 heterocycles. The summed E-state index contributed by atoms with van der Waals surface area (Å²) < 4.78 is 0. The van der Waals surface area contributed by atoms with Gasteiger partial charge in [0, 0.05) is 19.0 Å². The van der Waals surface area contributed by atoms with Crippen LogP contribution in [0.3, 0.4) is 0 Å². The van der Waals surface area contributed by atoms with Gasteiger partial charge >= 0.3 is 0 Å². The average Bonchev–Trinajstić information content (AvgIpc) is 2.86. The van der Waals surface area contributed by atoms with Crippen molar-refractivity contribution in [1.29, 1.82) is 0 Å². The Morgan fingerprint density at radius 3 is 2.35 bits per heavy atom. The van der Waals surface area contributed by atoms with Crippen molar-refractivity contribution in [2.24, 2.45) is 17.1 Å². The molecule has 1 aliphatic heterocycles. The number of thiocarbonyl (C=S) groups is 1. The van der Waals surface area contributed by atoms with E-state index in [-0.39, 0.29) is 17.9 Å². The molecule has 0 aliphatic carbocycles. The van der Waals surface area contributed by atoms with E-state index in [1.165, 1.54) is 0 Å². The van der Waals surface area contributed by atoms with E-state index >= 15 is 0 Å². The molecule has 1 amide bonds. The largest absolute Gasteiger partial charge is 0.393 e. The molecular weight excluding hydrogens is 272 g/mol. The van der Waals surface area contributed by atoms with Crippen LogP contribution in [0.15, 0.2) is 0 Å². The minimum atomic E-state index is -0.688. The molecule has 0 aromatic rings. The molecular formula is C15H28N2O2S. The normalized spacial score (nSPS) is 21.0. The zero-order valence-electron chi connectivity index (χ0n) is 12.9. The van der Waals surface area contributed by atoms with Gasteiger partial charge in [0.1, 0.15) is 0 Å². The van der Waals surface area contributed by atoms with Gasteiger partial charge in [-0.15, -0.1) is 0 Å². The molecule has 2 unspecified atom stereocenters. The summed E-state index contributed by atoms with van der Waals surface area (Å²) in [5.74, 6) is 0.239. The second-order valence-electron chi connectivity index (χ2n) is 5.99. The number of likely N-dealkylation sites (tertiary alicyclic amines) is 1. The maximum Gasteiger partial charge on any atom is 0.235 e. The van der Waals surface area contributed by atoms with Gasteiger partial charge < -0.3 is 15.7 Å². The second-order valence-corrected chi connectivity index (χ2v) is 6.43. The van der Waals surface area contributed by atoms with Gasteiger partial charge in [-0.3, -0.25) is 4.79 Å². The van der Waals surface area contributed by atoms with Gasteiger partial charge in [-0.05, 0) is 26.2 Å². The van der Waals surface area contributed by atoms with Crippen molar-refractivity contribution >= 4 is 23.1 Å². The van der Waals surface area contributed by atoms with Crippen LogP contribution in [0.4, 0.5) is 0 Å². The maximum atomic E-state index is 12.9. The predicted octanol–water partition coefficient (Wildman–Crippen LogP) is 2.09. The fourth-order valence-electron chi connectivity index (χ4n) is 3.21. The van der Waals surface area contributed by atoms with Crippen LogP contribution in [0.25, 0.3) is 0 Å². The number of hydrogen-bond acceptors (Lipinski definition) is 3. The first kappa shape index (κ1) is 17.4. The van der Waals surface area contributed by atoms with Gasteiger partial charge in [-0.25, -0.2) is 0 Å². The summed E-state index contributed by atoms with van der Waals surface area (Å²) in [6.07, 6.45) is 3.68. The summed E-state index contributed by atoms with van der Waals surface area (Å²) in [6, 6.07) is 0. The van der Waals surface area contributed by atoms with Gasteiger partial charge in [0.25, 0.3) is 0 Å². The summed E-state index contributed by atoms with van der Waals surface area (Å²) in [6.45, 7) is 7.22. The van der Waals surface area contributed by atoms with Crippen molar-refractivity contribution < 1.29 is 9.90 Å². The van der Waals surface area contributed by atoms with Crippen LogP contribution in [-0.4, -0.2) is 40.1 Å². The molecule has 0 aromatic carbocycles. The van der Waals surface area contributed by atoms with E-state index in [2.05, 4.69) is 13.8 Å². The summed E-state index contributed by atoms with van der Waals surface area (Å²) in [4.78, 5) is 15.1. The van der Waals surface area contributed by atoms with Gasteiger partial charge in [0.2, 0.25) is 5.91 Å². The van der Waals surface area contributed by atoms with E-state index in [9.17, 15) is 9.90 Å². The highest BCUT2D eigenvalue weighted by molar-refractivity contribution is 7.80. The van der Waals surface area contributed by atoms with E-state index in [0.717, 1.165) is 19.3 Å². The van der Waals surface area contributed by atoms with Crippen molar-refractivity contribution in [3.8, 4) is 0 Å². The number of carbonyl (C=O) groups is 1. The smallest absolute Gasteiger partial charge is 0.235 e. The van der Waals surface area contributed by atoms with Crippen LogP contribution in [-0.2, 0) is 4.79 Å². The number of aliphatic hydroxyl groups excluding tert-OH is 1. The Hall–Kier alpha value is -0.680. The number of nitrogens with two attached hydrogens (primary N) is 1. The molecule has 1 aliphatic rings. The van der Waals surface area contributed by atoms with E-state index in [1.807, 2.05) is 4.90 Å². The number of aliphatic hydroxyl groups is 1. The van der Waals surface area contributed by atoms with E-state index in [1.54, 1.807) is 6.92 Å². The van der Waals surface area contributed by atoms with E-state index in [4.69, 9.17) is 18.0 Å². The molecule has 1 rings (SSSR count). The predicted molar refractivity (Wildman–Crippen MR) is 85.4 cm³/mol.